The third kappa shape index (κ3) is 1.44. The van der Waals surface area contributed by atoms with E-state index in [-0.39, 0.29) is 12.1 Å². The van der Waals surface area contributed by atoms with Gasteiger partial charge in [-0.1, -0.05) is 6.07 Å². The molecule has 0 bridgehead atoms. The van der Waals surface area contributed by atoms with E-state index in [0.717, 1.165) is 5.56 Å². The number of nitrogens with zero attached hydrogens (tertiary/aromatic N) is 1. The average Bonchev–Trinajstić information content (AvgIpc) is 2.57. The average molecular weight is 242 g/mol. The fourth-order valence-corrected chi connectivity index (χ4v) is 2.20. The Balaban J connectivity index is 2.57. The first-order valence-electron chi connectivity index (χ1n) is 4.65. The molecule has 1 unspecified atom stereocenters. The van der Waals surface area contributed by atoms with Gasteiger partial charge in [0.1, 0.15) is 0 Å². The van der Waals surface area contributed by atoms with Gasteiger partial charge < -0.3 is 5.11 Å². The lowest BCUT2D eigenvalue weighted by atomic mass is 10.00. The molecule has 0 spiro atoms. The predicted octanol–water partition coefficient (Wildman–Crippen LogP) is 2.06. The van der Waals surface area contributed by atoms with Crippen LogP contribution in [0.3, 0.4) is 0 Å². The molecule has 84 valence electrons. The van der Waals surface area contributed by atoms with Crippen LogP contribution in [0.2, 0.25) is 0 Å². The van der Waals surface area contributed by atoms with Crippen LogP contribution in [0.1, 0.15) is 17.5 Å². The zero-order valence-electron chi connectivity index (χ0n) is 8.14. The summed E-state index contributed by atoms with van der Waals surface area (Å²) >= 11 is 5.99. The van der Waals surface area contributed by atoms with Crippen LogP contribution >= 0.6 is 11.6 Å². The molecule has 5 nitrogen and oxygen atoms in total. The molecule has 0 aromatic heterocycles. The van der Waals surface area contributed by atoms with Gasteiger partial charge >= 0.3 is 5.97 Å². The Kier molecular flexibility index (Phi) is 2.35. The summed E-state index contributed by atoms with van der Waals surface area (Å²) < 4.78 is 0. The van der Waals surface area contributed by atoms with Crippen LogP contribution < -0.4 is 0 Å². The van der Waals surface area contributed by atoms with Gasteiger partial charge in [-0.2, -0.15) is 0 Å². The summed E-state index contributed by atoms with van der Waals surface area (Å²) in [6.07, 6.45) is 0.795. The Hall–Kier alpha value is -1.62. The fourth-order valence-electron chi connectivity index (χ4n) is 1.93. The highest BCUT2D eigenvalue weighted by molar-refractivity contribution is 6.34. The maximum atomic E-state index is 11.1. The molecule has 0 fully saturated rings. The van der Waals surface area contributed by atoms with Gasteiger partial charge in [-0.05, 0) is 24.0 Å². The number of aliphatic carboxylic acids is 1. The second kappa shape index (κ2) is 3.45. The molecule has 0 heterocycles. The number of nitro benzene ring substituents is 1. The minimum atomic E-state index is -1.51. The van der Waals surface area contributed by atoms with Gasteiger partial charge in [-0.25, -0.2) is 4.79 Å². The van der Waals surface area contributed by atoms with Gasteiger partial charge in [0.25, 0.3) is 5.69 Å². The molecule has 1 aromatic rings. The molecule has 16 heavy (non-hydrogen) atoms. The first-order valence-corrected chi connectivity index (χ1v) is 5.03. The van der Waals surface area contributed by atoms with Crippen molar-refractivity contribution in [3.63, 3.8) is 0 Å². The number of carbonyl (C=O) groups is 1. The molecular weight excluding hydrogens is 234 g/mol. The van der Waals surface area contributed by atoms with Crippen molar-refractivity contribution >= 4 is 23.3 Å². The number of fused-ring (bicyclic) bond motifs is 1. The first kappa shape index (κ1) is 10.9. The predicted molar refractivity (Wildman–Crippen MR) is 56.6 cm³/mol. The molecule has 1 aromatic carbocycles. The molecule has 0 aliphatic heterocycles. The summed E-state index contributed by atoms with van der Waals surface area (Å²) in [6, 6.07) is 4.19. The van der Waals surface area contributed by atoms with Crippen LogP contribution in [0.15, 0.2) is 18.2 Å². The molecule has 0 saturated carbocycles. The number of nitro groups is 1. The summed E-state index contributed by atoms with van der Waals surface area (Å²) in [7, 11) is 0. The summed E-state index contributed by atoms with van der Waals surface area (Å²) in [5, 5.41) is 19.6. The number of hydrogen-bond donors (Lipinski definition) is 1. The number of carboxylic acids is 1. The molecule has 0 radical (unpaired) electrons. The van der Waals surface area contributed by atoms with E-state index in [2.05, 4.69) is 0 Å². The molecule has 6 heteroatoms. The van der Waals surface area contributed by atoms with Gasteiger partial charge in [0.05, 0.1) is 4.92 Å². The minimum absolute atomic E-state index is 0.132. The van der Waals surface area contributed by atoms with Crippen LogP contribution in [0, 0.1) is 10.1 Å². The molecule has 1 N–H and O–H groups in total. The number of non-ortho nitro benzene ring substituents is 1. The van der Waals surface area contributed by atoms with E-state index < -0.39 is 15.8 Å². The zero-order valence-corrected chi connectivity index (χ0v) is 8.90. The topological polar surface area (TPSA) is 80.4 Å². The van der Waals surface area contributed by atoms with Crippen LogP contribution in [-0.2, 0) is 16.1 Å². The number of halogens is 1. The van der Waals surface area contributed by atoms with Crippen molar-refractivity contribution in [2.75, 3.05) is 0 Å². The Labute approximate surface area is 95.8 Å². The van der Waals surface area contributed by atoms with Crippen molar-refractivity contribution in [1.29, 1.82) is 0 Å². The smallest absolute Gasteiger partial charge is 0.329 e. The van der Waals surface area contributed by atoms with Gasteiger partial charge in [-0.15, -0.1) is 11.6 Å². The number of aryl methyl sites for hydroxylation is 1. The van der Waals surface area contributed by atoms with E-state index in [0.29, 0.717) is 12.0 Å². The van der Waals surface area contributed by atoms with Crippen molar-refractivity contribution in [1.82, 2.24) is 0 Å². The first-order chi connectivity index (χ1) is 7.45. The third-order valence-electron chi connectivity index (χ3n) is 2.81. The SMILES string of the molecule is O=C(O)C1(Cl)CCc2ccc([N+](=O)[O-])cc21. The number of alkyl halides is 1. The standard InChI is InChI=1S/C10H8ClNO4/c11-10(9(13)14)4-3-6-1-2-7(12(15)16)5-8(6)10/h1-2,5H,3-4H2,(H,13,14). The van der Waals surface area contributed by atoms with Crippen LogP contribution in [0.5, 0.6) is 0 Å². The van der Waals surface area contributed by atoms with E-state index >= 15 is 0 Å². The van der Waals surface area contributed by atoms with Crippen molar-refractivity contribution in [3.05, 3.63) is 39.4 Å². The van der Waals surface area contributed by atoms with E-state index in [1.165, 1.54) is 12.1 Å². The van der Waals surface area contributed by atoms with Gasteiger partial charge in [0.15, 0.2) is 4.87 Å². The van der Waals surface area contributed by atoms with Gasteiger partial charge in [0, 0.05) is 12.1 Å². The monoisotopic (exact) mass is 241 g/mol. The minimum Gasteiger partial charge on any atom is -0.480 e. The van der Waals surface area contributed by atoms with Gasteiger partial charge in [-0.3, -0.25) is 10.1 Å². The van der Waals surface area contributed by atoms with E-state index in [9.17, 15) is 14.9 Å². The van der Waals surface area contributed by atoms with Crippen LogP contribution in [0.4, 0.5) is 5.69 Å². The fraction of sp³-hybridized carbons (Fsp3) is 0.300. The molecule has 1 aliphatic rings. The van der Waals surface area contributed by atoms with E-state index in [4.69, 9.17) is 16.7 Å². The second-order valence-electron chi connectivity index (χ2n) is 3.70. The van der Waals surface area contributed by atoms with Crippen molar-refractivity contribution in [2.45, 2.75) is 17.7 Å². The normalized spacial score (nSPS) is 22.8. The maximum Gasteiger partial charge on any atom is 0.329 e. The molecule has 0 saturated heterocycles. The summed E-state index contributed by atoms with van der Waals surface area (Å²) in [5.74, 6) is -1.16. The number of benzene rings is 1. The lowest BCUT2D eigenvalue weighted by Gasteiger charge is -2.16. The van der Waals surface area contributed by atoms with E-state index in [1.807, 2.05) is 0 Å². The second-order valence-corrected chi connectivity index (χ2v) is 4.35. The number of carboxylic acid groups (broad SMARTS) is 1. The Bertz CT molecular complexity index is 488. The largest absolute Gasteiger partial charge is 0.480 e. The van der Waals surface area contributed by atoms with Crippen molar-refractivity contribution in [3.8, 4) is 0 Å². The number of hydrogen-bond acceptors (Lipinski definition) is 3. The Morgan fingerprint density at radius 3 is 2.81 bits per heavy atom. The quantitative estimate of drug-likeness (QED) is 0.488. The molecule has 0 amide bonds. The maximum absolute atomic E-state index is 11.1. The highest BCUT2D eigenvalue weighted by Crippen LogP contribution is 2.43. The van der Waals surface area contributed by atoms with Crippen molar-refractivity contribution < 1.29 is 14.8 Å². The molecule has 1 aliphatic carbocycles. The third-order valence-corrected chi connectivity index (χ3v) is 3.36. The summed E-state index contributed by atoms with van der Waals surface area (Å²) in [4.78, 5) is 19.6. The molecule has 1 atom stereocenters. The summed E-state index contributed by atoms with van der Waals surface area (Å²) in [5.41, 5.74) is 0.978. The lowest BCUT2D eigenvalue weighted by Crippen LogP contribution is -2.26. The molecular formula is C10H8ClNO4. The zero-order chi connectivity index (χ0) is 11.9. The van der Waals surface area contributed by atoms with Crippen molar-refractivity contribution in [2.24, 2.45) is 0 Å². The van der Waals surface area contributed by atoms with Gasteiger partial charge in [0.2, 0.25) is 0 Å². The van der Waals surface area contributed by atoms with Crippen LogP contribution in [0.25, 0.3) is 0 Å². The Morgan fingerprint density at radius 2 is 2.25 bits per heavy atom. The van der Waals surface area contributed by atoms with Crippen LogP contribution in [-0.4, -0.2) is 16.0 Å². The highest BCUT2D eigenvalue weighted by Gasteiger charge is 2.44. The highest BCUT2D eigenvalue weighted by atomic mass is 35.5. The van der Waals surface area contributed by atoms with E-state index in [1.54, 1.807) is 6.07 Å². The summed E-state index contributed by atoms with van der Waals surface area (Å²) in [6.45, 7) is 0. The number of rotatable bonds is 2. The Morgan fingerprint density at radius 1 is 1.56 bits per heavy atom. The lowest BCUT2D eigenvalue weighted by molar-refractivity contribution is -0.384. The molecule has 2 rings (SSSR count).